The molecular weight excluding hydrogens is 284 g/mol. The van der Waals surface area contributed by atoms with Crippen molar-refractivity contribution in [3.63, 3.8) is 0 Å². The molecule has 0 atom stereocenters. The van der Waals surface area contributed by atoms with Crippen LogP contribution in [0.3, 0.4) is 0 Å². The molecule has 0 saturated carbocycles. The molecule has 0 aliphatic heterocycles. The predicted octanol–water partition coefficient (Wildman–Crippen LogP) is 1.75. The second-order valence-electron chi connectivity index (χ2n) is 4.49. The molecule has 0 fully saturated rings. The summed E-state index contributed by atoms with van der Waals surface area (Å²) >= 11 is 3.51. The SMILES string of the molecule is CCC(CC)(CBr)Cn1ccn(C)c(=O)c1=O. The Balaban J connectivity index is 3.16. The minimum absolute atomic E-state index is 0.0379. The van der Waals surface area contributed by atoms with E-state index in [4.69, 9.17) is 0 Å². The molecule has 1 aromatic heterocycles. The molecule has 17 heavy (non-hydrogen) atoms. The topological polar surface area (TPSA) is 44.0 Å². The van der Waals surface area contributed by atoms with Crippen LogP contribution in [0.25, 0.3) is 0 Å². The summed E-state index contributed by atoms with van der Waals surface area (Å²) in [6.45, 7) is 4.80. The smallest absolute Gasteiger partial charge is 0.312 e. The minimum Gasteiger partial charge on any atom is -0.312 e. The standard InChI is InChI=1S/C12H19BrN2O2/c1-4-12(5-2,8-13)9-15-7-6-14(3)10(16)11(15)17/h6-7H,4-5,8-9H2,1-3H3. The predicted molar refractivity (Wildman–Crippen MR) is 72.8 cm³/mol. The number of aromatic nitrogens is 2. The quantitative estimate of drug-likeness (QED) is 0.614. The fourth-order valence-corrected chi connectivity index (χ4v) is 2.75. The largest absolute Gasteiger partial charge is 0.316 e. The van der Waals surface area contributed by atoms with Crippen molar-refractivity contribution < 1.29 is 0 Å². The van der Waals surface area contributed by atoms with Gasteiger partial charge in [-0.1, -0.05) is 29.8 Å². The van der Waals surface area contributed by atoms with Crippen LogP contribution in [0.5, 0.6) is 0 Å². The molecule has 0 bridgehead atoms. The van der Waals surface area contributed by atoms with Gasteiger partial charge >= 0.3 is 11.1 Å². The third-order valence-electron chi connectivity index (χ3n) is 3.52. The second-order valence-corrected chi connectivity index (χ2v) is 5.05. The molecule has 0 saturated heterocycles. The van der Waals surface area contributed by atoms with Crippen LogP contribution in [0, 0.1) is 5.41 Å². The Bertz CT molecular complexity index is 478. The lowest BCUT2D eigenvalue weighted by Gasteiger charge is -2.30. The Morgan fingerprint density at radius 1 is 1.18 bits per heavy atom. The summed E-state index contributed by atoms with van der Waals surface area (Å²) < 4.78 is 2.84. The van der Waals surface area contributed by atoms with E-state index in [1.807, 2.05) is 0 Å². The zero-order valence-electron chi connectivity index (χ0n) is 10.6. The van der Waals surface area contributed by atoms with Gasteiger partial charge in [-0.2, -0.15) is 0 Å². The molecule has 0 radical (unpaired) electrons. The number of aryl methyl sites for hydroxylation is 1. The molecule has 1 aromatic rings. The monoisotopic (exact) mass is 302 g/mol. The van der Waals surface area contributed by atoms with Crippen LogP contribution in [0.15, 0.2) is 22.0 Å². The summed E-state index contributed by atoms with van der Waals surface area (Å²) in [5.74, 6) is 0. The Hall–Kier alpha value is -0.840. The normalized spacial score (nSPS) is 11.8. The number of nitrogens with zero attached hydrogens (tertiary/aromatic N) is 2. The van der Waals surface area contributed by atoms with Crippen LogP contribution >= 0.6 is 15.9 Å². The highest BCUT2D eigenvalue weighted by Gasteiger charge is 2.26. The summed E-state index contributed by atoms with van der Waals surface area (Å²) in [6, 6.07) is 0. The molecular formula is C12H19BrN2O2. The van der Waals surface area contributed by atoms with E-state index in [0.29, 0.717) is 6.54 Å². The van der Waals surface area contributed by atoms with Crippen molar-refractivity contribution in [3.8, 4) is 0 Å². The van der Waals surface area contributed by atoms with Crippen LogP contribution in [-0.4, -0.2) is 14.5 Å². The number of alkyl halides is 1. The minimum atomic E-state index is -0.469. The van der Waals surface area contributed by atoms with Crippen LogP contribution in [0.4, 0.5) is 0 Å². The van der Waals surface area contributed by atoms with Crippen molar-refractivity contribution in [2.45, 2.75) is 33.2 Å². The van der Waals surface area contributed by atoms with Gasteiger partial charge < -0.3 is 9.13 Å². The first kappa shape index (κ1) is 14.2. The molecule has 4 nitrogen and oxygen atoms in total. The average Bonchev–Trinajstić information content (AvgIpc) is 2.36. The van der Waals surface area contributed by atoms with Gasteiger partial charge in [-0.3, -0.25) is 9.59 Å². The van der Waals surface area contributed by atoms with Gasteiger partial charge in [0, 0.05) is 31.3 Å². The lowest BCUT2D eigenvalue weighted by atomic mass is 9.84. The van der Waals surface area contributed by atoms with Gasteiger partial charge in [0.05, 0.1) is 0 Å². The molecule has 0 aliphatic carbocycles. The van der Waals surface area contributed by atoms with E-state index < -0.39 is 11.1 Å². The Kier molecular flexibility index (Phi) is 4.74. The maximum absolute atomic E-state index is 11.8. The summed E-state index contributed by atoms with van der Waals surface area (Å²) in [4.78, 5) is 23.4. The maximum atomic E-state index is 11.8. The number of halogens is 1. The van der Waals surface area contributed by atoms with E-state index in [1.165, 1.54) is 9.13 Å². The lowest BCUT2D eigenvalue weighted by Crippen LogP contribution is -2.42. The number of hydrogen-bond donors (Lipinski definition) is 0. The molecule has 0 aromatic carbocycles. The molecule has 96 valence electrons. The van der Waals surface area contributed by atoms with E-state index in [0.717, 1.165) is 18.2 Å². The molecule has 5 heteroatoms. The van der Waals surface area contributed by atoms with Crippen molar-refractivity contribution in [3.05, 3.63) is 33.1 Å². The highest BCUT2D eigenvalue weighted by molar-refractivity contribution is 9.09. The van der Waals surface area contributed by atoms with Gasteiger partial charge in [0.15, 0.2) is 0 Å². The van der Waals surface area contributed by atoms with Gasteiger partial charge in [-0.05, 0) is 18.3 Å². The van der Waals surface area contributed by atoms with Crippen LogP contribution < -0.4 is 11.1 Å². The Morgan fingerprint density at radius 3 is 2.24 bits per heavy atom. The van der Waals surface area contributed by atoms with Gasteiger partial charge in [0.25, 0.3) is 0 Å². The fraction of sp³-hybridized carbons (Fsp3) is 0.667. The molecule has 0 aliphatic rings. The van der Waals surface area contributed by atoms with Crippen LogP contribution in [-0.2, 0) is 13.6 Å². The first-order valence-electron chi connectivity index (χ1n) is 5.81. The zero-order valence-corrected chi connectivity index (χ0v) is 12.2. The Morgan fingerprint density at radius 2 is 1.76 bits per heavy atom. The lowest BCUT2D eigenvalue weighted by molar-refractivity contribution is 0.255. The van der Waals surface area contributed by atoms with Crippen molar-refractivity contribution in [1.29, 1.82) is 0 Å². The van der Waals surface area contributed by atoms with Gasteiger partial charge in [-0.25, -0.2) is 0 Å². The Labute approximate surface area is 109 Å². The number of hydrogen-bond acceptors (Lipinski definition) is 2. The summed E-state index contributed by atoms with van der Waals surface area (Å²) in [5, 5.41) is 0.828. The summed E-state index contributed by atoms with van der Waals surface area (Å²) in [7, 11) is 1.59. The van der Waals surface area contributed by atoms with Crippen molar-refractivity contribution in [2.75, 3.05) is 5.33 Å². The summed E-state index contributed by atoms with van der Waals surface area (Å²) in [5.41, 5.74) is -0.874. The van der Waals surface area contributed by atoms with Gasteiger partial charge in [0.1, 0.15) is 0 Å². The van der Waals surface area contributed by atoms with Crippen LogP contribution in [0.1, 0.15) is 26.7 Å². The third-order valence-corrected chi connectivity index (χ3v) is 4.71. The van der Waals surface area contributed by atoms with E-state index in [-0.39, 0.29) is 5.41 Å². The van der Waals surface area contributed by atoms with Crippen molar-refractivity contribution in [1.82, 2.24) is 9.13 Å². The van der Waals surface area contributed by atoms with Gasteiger partial charge in [-0.15, -0.1) is 0 Å². The fourth-order valence-electron chi connectivity index (χ4n) is 1.78. The van der Waals surface area contributed by atoms with E-state index >= 15 is 0 Å². The first-order chi connectivity index (χ1) is 7.99. The summed E-state index contributed by atoms with van der Waals surface area (Å²) in [6.07, 6.45) is 5.26. The van der Waals surface area contributed by atoms with E-state index in [2.05, 4.69) is 29.8 Å². The van der Waals surface area contributed by atoms with Crippen molar-refractivity contribution in [2.24, 2.45) is 12.5 Å². The van der Waals surface area contributed by atoms with E-state index in [1.54, 1.807) is 19.4 Å². The second kappa shape index (κ2) is 5.67. The molecule has 1 rings (SSSR count). The molecule has 0 unspecified atom stereocenters. The van der Waals surface area contributed by atoms with Crippen molar-refractivity contribution >= 4 is 15.9 Å². The molecule has 0 N–H and O–H groups in total. The van der Waals surface area contributed by atoms with Crippen LogP contribution in [0.2, 0.25) is 0 Å². The highest BCUT2D eigenvalue weighted by Crippen LogP contribution is 2.30. The molecule has 0 spiro atoms. The molecule has 1 heterocycles. The van der Waals surface area contributed by atoms with E-state index in [9.17, 15) is 9.59 Å². The first-order valence-corrected chi connectivity index (χ1v) is 6.94. The number of rotatable bonds is 5. The maximum Gasteiger partial charge on any atom is 0.316 e. The zero-order chi connectivity index (χ0) is 13.1. The highest BCUT2D eigenvalue weighted by atomic mass is 79.9. The average molecular weight is 303 g/mol. The third kappa shape index (κ3) is 2.89. The van der Waals surface area contributed by atoms with Gasteiger partial charge in [0.2, 0.25) is 0 Å². The molecule has 0 amide bonds.